The first kappa shape index (κ1) is 17.8. The van der Waals surface area contributed by atoms with Gasteiger partial charge in [0, 0.05) is 11.6 Å². The number of aliphatic carboxylic acids is 1. The van der Waals surface area contributed by atoms with Crippen molar-refractivity contribution < 1.29 is 14.6 Å². The molecule has 1 rings (SSSR count). The summed E-state index contributed by atoms with van der Waals surface area (Å²) in [5, 5.41) is 8.75. The number of ether oxygens (including phenoxy) is 1. The van der Waals surface area contributed by atoms with E-state index in [0.29, 0.717) is 18.3 Å². The summed E-state index contributed by atoms with van der Waals surface area (Å²) in [5.41, 5.74) is 0.775. The smallest absolute Gasteiger partial charge is 0.328 e. The number of para-hydroxylation sites is 1. The van der Waals surface area contributed by atoms with Crippen LogP contribution in [0.4, 0.5) is 0 Å². The Bertz CT molecular complexity index is 483. The van der Waals surface area contributed by atoms with E-state index in [0.717, 1.165) is 29.0 Å². The van der Waals surface area contributed by atoms with Crippen molar-refractivity contribution in [3.8, 4) is 5.75 Å². The number of carboxylic acid groups (broad SMARTS) is 1. The Balaban J connectivity index is 2.79. The molecule has 0 saturated heterocycles. The maximum absolute atomic E-state index is 10.7. The second-order valence-electron chi connectivity index (χ2n) is 5.06. The summed E-state index contributed by atoms with van der Waals surface area (Å²) >= 11 is 3.47. The molecule has 1 N–H and O–H groups in total. The van der Waals surface area contributed by atoms with Crippen molar-refractivity contribution >= 4 is 28.0 Å². The third-order valence-corrected chi connectivity index (χ3v) is 4.03. The van der Waals surface area contributed by atoms with E-state index in [9.17, 15) is 4.79 Å². The average molecular weight is 355 g/mol. The predicted molar refractivity (Wildman–Crippen MR) is 89.6 cm³/mol. The summed E-state index contributed by atoms with van der Waals surface area (Å²) in [6.45, 7) is 5.03. The van der Waals surface area contributed by atoms with Crippen LogP contribution in [0.25, 0.3) is 6.08 Å². The van der Waals surface area contributed by atoms with Crippen molar-refractivity contribution in [2.45, 2.75) is 39.5 Å². The molecule has 116 valence electrons. The highest BCUT2D eigenvalue weighted by atomic mass is 79.9. The van der Waals surface area contributed by atoms with E-state index in [1.165, 1.54) is 12.8 Å². The van der Waals surface area contributed by atoms with Gasteiger partial charge < -0.3 is 9.84 Å². The summed E-state index contributed by atoms with van der Waals surface area (Å²) in [6, 6.07) is 5.62. The van der Waals surface area contributed by atoms with Crippen LogP contribution >= 0.6 is 15.9 Å². The first-order valence-electron chi connectivity index (χ1n) is 7.40. The molecule has 3 nitrogen and oxygen atoms in total. The molecule has 1 aromatic rings. The summed E-state index contributed by atoms with van der Waals surface area (Å²) in [4.78, 5) is 10.7. The van der Waals surface area contributed by atoms with Crippen LogP contribution in [0.1, 0.15) is 45.1 Å². The second-order valence-corrected chi connectivity index (χ2v) is 5.91. The number of hydrogen-bond donors (Lipinski definition) is 1. The highest BCUT2D eigenvalue weighted by molar-refractivity contribution is 9.10. The van der Waals surface area contributed by atoms with Gasteiger partial charge >= 0.3 is 5.97 Å². The van der Waals surface area contributed by atoms with Gasteiger partial charge in [0.25, 0.3) is 0 Å². The molecule has 0 spiro atoms. The van der Waals surface area contributed by atoms with Crippen molar-refractivity contribution in [2.75, 3.05) is 6.61 Å². The molecule has 0 aliphatic heterocycles. The molecule has 4 heteroatoms. The molecule has 0 radical (unpaired) electrons. The first-order chi connectivity index (χ1) is 10.1. The Kier molecular flexibility index (Phi) is 8.13. The van der Waals surface area contributed by atoms with Crippen molar-refractivity contribution in [1.82, 2.24) is 0 Å². The van der Waals surface area contributed by atoms with Crippen molar-refractivity contribution in [1.29, 1.82) is 0 Å². The van der Waals surface area contributed by atoms with Crippen LogP contribution < -0.4 is 4.74 Å². The Hall–Kier alpha value is -1.29. The molecular weight excluding hydrogens is 332 g/mol. The first-order valence-corrected chi connectivity index (χ1v) is 8.20. The van der Waals surface area contributed by atoms with Crippen molar-refractivity contribution in [3.05, 3.63) is 34.3 Å². The van der Waals surface area contributed by atoms with Gasteiger partial charge in [0.2, 0.25) is 0 Å². The van der Waals surface area contributed by atoms with Gasteiger partial charge in [0.05, 0.1) is 11.1 Å². The lowest BCUT2D eigenvalue weighted by Gasteiger charge is -2.17. The van der Waals surface area contributed by atoms with Crippen LogP contribution in [0, 0.1) is 5.92 Å². The Morgan fingerprint density at radius 1 is 1.43 bits per heavy atom. The average Bonchev–Trinajstić information content (AvgIpc) is 2.46. The van der Waals surface area contributed by atoms with Gasteiger partial charge in [-0.05, 0) is 40.4 Å². The molecule has 21 heavy (non-hydrogen) atoms. The van der Waals surface area contributed by atoms with Crippen LogP contribution in [0.5, 0.6) is 5.75 Å². The molecule has 0 fully saturated rings. The topological polar surface area (TPSA) is 46.5 Å². The number of rotatable bonds is 9. The lowest BCUT2D eigenvalue weighted by molar-refractivity contribution is -0.131. The third-order valence-electron chi connectivity index (χ3n) is 3.41. The van der Waals surface area contributed by atoms with Gasteiger partial charge in [-0.25, -0.2) is 4.79 Å². The van der Waals surface area contributed by atoms with Crippen molar-refractivity contribution in [2.24, 2.45) is 5.92 Å². The number of carbonyl (C=O) groups is 1. The molecule has 0 aromatic heterocycles. The molecule has 0 saturated carbocycles. The van der Waals surface area contributed by atoms with E-state index in [4.69, 9.17) is 9.84 Å². The molecular formula is C17H23BrO3. The minimum Gasteiger partial charge on any atom is -0.491 e. The maximum atomic E-state index is 10.7. The fourth-order valence-corrected chi connectivity index (χ4v) is 2.57. The van der Waals surface area contributed by atoms with Crippen LogP contribution in [0.15, 0.2) is 28.7 Å². The number of unbranched alkanes of at least 4 members (excludes halogenated alkanes) is 1. The lowest BCUT2D eigenvalue weighted by Crippen LogP contribution is -2.12. The summed E-state index contributed by atoms with van der Waals surface area (Å²) in [6.07, 6.45) is 7.35. The van der Waals surface area contributed by atoms with Gasteiger partial charge in [0.15, 0.2) is 0 Å². The zero-order valence-electron chi connectivity index (χ0n) is 12.6. The summed E-state index contributed by atoms with van der Waals surface area (Å²) in [5.74, 6) is 0.286. The van der Waals surface area contributed by atoms with E-state index < -0.39 is 5.97 Å². The zero-order valence-corrected chi connectivity index (χ0v) is 14.2. The molecule has 1 unspecified atom stereocenters. The molecule has 0 aliphatic carbocycles. The fraction of sp³-hybridized carbons (Fsp3) is 0.471. The second kappa shape index (κ2) is 9.61. The van der Waals surface area contributed by atoms with E-state index in [2.05, 4.69) is 29.8 Å². The zero-order chi connectivity index (χ0) is 15.7. The molecule has 0 amide bonds. The van der Waals surface area contributed by atoms with Crippen LogP contribution in [-0.4, -0.2) is 17.7 Å². The van der Waals surface area contributed by atoms with E-state index in [1.54, 1.807) is 6.08 Å². The summed E-state index contributed by atoms with van der Waals surface area (Å²) < 4.78 is 6.81. The van der Waals surface area contributed by atoms with E-state index in [-0.39, 0.29) is 0 Å². The molecule has 1 atom stereocenters. The van der Waals surface area contributed by atoms with E-state index in [1.807, 2.05) is 18.2 Å². The number of halogens is 1. The number of hydrogen-bond acceptors (Lipinski definition) is 2. The monoisotopic (exact) mass is 354 g/mol. The number of carboxylic acids is 1. The molecule has 0 aliphatic rings. The van der Waals surface area contributed by atoms with Gasteiger partial charge in [-0.3, -0.25) is 0 Å². The SMILES string of the molecule is CCCCC(CC)COc1c(Br)cccc1C=CC(=O)O. The Morgan fingerprint density at radius 2 is 2.19 bits per heavy atom. The third kappa shape index (κ3) is 6.34. The van der Waals surface area contributed by atoms with Crippen LogP contribution in [0.3, 0.4) is 0 Å². The Labute approximate surface area is 135 Å². The highest BCUT2D eigenvalue weighted by Gasteiger charge is 2.11. The quantitative estimate of drug-likeness (QED) is 0.624. The van der Waals surface area contributed by atoms with Gasteiger partial charge in [-0.2, -0.15) is 0 Å². The van der Waals surface area contributed by atoms with Gasteiger partial charge in [-0.15, -0.1) is 0 Å². The molecule has 0 heterocycles. The Morgan fingerprint density at radius 3 is 2.81 bits per heavy atom. The standard InChI is InChI=1S/C17H23BrO3/c1-3-5-7-13(4-2)12-21-17-14(10-11-16(19)20)8-6-9-15(17)18/h6,8-11,13H,3-5,7,12H2,1-2H3,(H,19,20). The molecule has 1 aromatic carbocycles. The van der Waals surface area contributed by atoms with Crippen LogP contribution in [-0.2, 0) is 4.79 Å². The van der Waals surface area contributed by atoms with Crippen molar-refractivity contribution in [3.63, 3.8) is 0 Å². The minimum absolute atomic E-state index is 0.536. The highest BCUT2D eigenvalue weighted by Crippen LogP contribution is 2.31. The fourth-order valence-electron chi connectivity index (χ4n) is 2.07. The van der Waals surface area contributed by atoms with E-state index >= 15 is 0 Å². The van der Waals surface area contributed by atoms with Gasteiger partial charge in [0.1, 0.15) is 5.75 Å². The van der Waals surface area contributed by atoms with Crippen LogP contribution in [0.2, 0.25) is 0 Å². The molecule has 0 bridgehead atoms. The predicted octanol–water partition coefficient (Wildman–Crippen LogP) is 5.14. The minimum atomic E-state index is -0.963. The number of benzene rings is 1. The largest absolute Gasteiger partial charge is 0.491 e. The maximum Gasteiger partial charge on any atom is 0.328 e. The lowest BCUT2D eigenvalue weighted by atomic mass is 10.0. The summed E-state index contributed by atoms with van der Waals surface area (Å²) in [7, 11) is 0. The van der Waals surface area contributed by atoms with Gasteiger partial charge in [-0.1, -0.05) is 45.2 Å². The normalized spacial score (nSPS) is 12.5.